The van der Waals surface area contributed by atoms with Gasteiger partial charge in [-0.1, -0.05) is 18.2 Å². The summed E-state index contributed by atoms with van der Waals surface area (Å²) >= 11 is 0. The minimum atomic E-state index is -0.502. The molecule has 1 amide bonds. The van der Waals surface area contributed by atoms with E-state index in [1.54, 1.807) is 18.2 Å². The van der Waals surface area contributed by atoms with Crippen LogP contribution >= 0.6 is 0 Å². The summed E-state index contributed by atoms with van der Waals surface area (Å²) in [6.45, 7) is -0.0475. The van der Waals surface area contributed by atoms with Crippen LogP contribution in [0.1, 0.15) is 17.9 Å². The fourth-order valence-corrected chi connectivity index (χ4v) is 3.35. The van der Waals surface area contributed by atoms with E-state index < -0.39 is 23.5 Å². The molecule has 4 nitrogen and oxygen atoms in total. The zero-order valence-corrected chi connectivity index (χ0v) is 13.0. The van der Waals surface area contributed by atoms with Crippen molar-refractivity contribution in [2.45, 2.75) is 12.3 Å². The predicted molar refractivity (Wildman–Crippen MR) is 85.6 cm³/mol. The average molecular weight is 341 g/mol. The second-order valence-corrected chi connectivity index (χ2v) is 5.95. The van der Waals surface area contributed by atoms with Gasteiger partial charge in [0.1, 0.15) is 18.2 Å². The summed E-state index contributed by atoms with van der Waals surface area (Å²) in [4.78, 5) is 26.3. The van der Waals surface area contributed by atoms with Gasteiger partial charge in [0.2, 0.25) is 5.91 Å². The Morgan fingerprint density at radius 1 is 1.00 bits per heavy atom. The SMILES string of the molecule is O=C1OCC2=C1[C@H](c1ccc(F)cc1)CC(=O)N2c1cccc(F)c1. The van der Waals surface area contributed by atoms with Crippen LogP contribution in [0.5, 0.6) is 0 Å². The van der Waals surface area contributed by atoms with Crippen molar-refractivity contribution in [2.24, 2.45) is 0 Å². The van der Waals surface area contributed by atoms with Gasteiger partial charge in [-0.2, -0.15) is 0 Å². The molecule has 6 heteroatoms. The number of rotatable bonds is 2. The fourth-order valence-electron chi connectivity index (χ4n) is 3.35. The number of hydrogen-bond donors (Lipinski definition) is 0. The van der Waals surface area contributed by atoms with E-state index in [1.807, 2.05) is 0 Å². The Labute approximate surface area is 142 Å². The third-order valence-electron chi connectivity index (χ3n) is 4.46. The van der Waals surface area contributed by atoms with Crippen LogP contribution in [-0.4, -0.2) is 18.5 Å². The van der Waals surface area contributed by atoms with Gasteiger partial charge < -0.3 is 4.74 Å². The van der Waals surface area contributed by atoms with Gasteiger partial charge in [-0.05, 0) is 35.9 Å². The summed E-state index contributed by atoms with van der Waals surface area (Å²) in [6, 6.07) is 11.3. The summed E-state index contributed by atoms with van der Waals surface area (Å²) in [7, 11) is 0. The number of benzene rings is 2. The van der Waals surface area contributed by atoms with Gasteiger partial charge >= 0.3 is 5.97 Å². The van der Waals surface area contributed by atoms with Crippen LogP contribution in [-0.2, 0) is 14.3 Å². The Balaban J connectivity index is 1.83. The lowest BCUT2D eigenvalue weighted by atomic mass is 9.84. The van der Waals surface area contributed by atoms with Gasteiger partial charge in [-0.3, -0.25) is 9.69 Å². The van der Waals surface area contributed by atoms with E-state index in [1.165, 1.54) is 35.2 Å². The van der Waals surface area contributed by atoms with Gasteiger partial charge in [0.05, 0.1) is 17.0 Å². The van der Waals surface area contributed by atoms with Crippen LogP contribution in [0.25, 0.3) is 0 Å². The average Bonchev–Trinajstić information content (AvgIpc) is 2.96. The van der Waals surface area contributed by atoms with Gasteiger partial charge in [0.25, 0.3) is 0 Å². The Kier molecular flexibility index (Phi) is 3.60. The molecular formula is C19H13F2NO3. The number of anilines is 1. The smallest absolute Gasteiger partial charge is 0.336 e. The predicted octanol–water partition coefficient (Wildman–Crippen LogP) is 3.30. The Hall–Kier alpha value is -3.02. The highest BCUT2D eigenvalue weighted by Gasteiger charge is 2.42. The number of carbonyl (C=O) groups excluding carboxylic acids is 2. The van der Waals surface area contributed by atoms with Crippen molar-refractivity contribution in [3.8, 4) is 0 Å². The normalized spacial score (nSPS) is 19.9. The summed E-state index contributed by atoms with van der Waals surface area (Å²) in [5, 5.41) is 0. The monoisotopic (exact) mass is 341 g/mol. The van der Waals surface area contributed by atoms with Gasteiger partial charge in [0.15, 0.2) is 0 Å². The van der Waals surface area contributed by atoms with E-state index in [9.17, 15) is 18.4 Å². The first-order valence-corrected chi connectivity index (χ1v) is 7.79. The lowest BCUT2D eigenvalue weighted by Crippen LogP contribution is -2.37. The summed E-state index contributed by atoms with van der Waals surface area (Å²) in [5.41, 5.74) is 1.81. The van der Waals surface area contributed by atoms with Crippen LogP contribution in [0.15, 0.2) is 59.8 Å². The quantitative estimate of drug-likeness (QED) is 0.788. The van der Waals surface area contributed by atoms with Crippen LogP contribution < -0.4 is 4.90 Å². The van der Waals surface area contributed by atoms with Crippen LogP contribution in [0.4, 0.5) is 14.5 Å². The highest BCUT2D eigenvalue weighted by molar-refractivity contribution is 6.06. The van der Waals surface area contributed by atoms with E-state index in [0.717, 1.165) is 0 Å². The molecule has 126 valence electrons. The molecule has 0 spiro atoms. The molecule has 2 aromatic rings. The Morgan fingerprint density at radius 2 is 1.76 bits per heavy atom. The summed E-state index contributed by atoms with van der Waals surface area (Å²) < 4.78 is 31.9. The van der Waals surface area contributed by atoms with E-state index in [-0.39, 0.29) is 18.9 Å². The maximum Gasteiger partial charge on any atom is 0.336 e. The molecule has 0 aromatic heterocycles. The number of ether oxygens (including phenoxy) is 1. The zero-order valence-electron chi connectivity index (χ0n) is 13.0. The second-order valence-electron chi connectivity index (χ2n) is 5.95. The number of nitrogens with zero attached hydrogens (tertiary/aromatic N) is 1. The first kappa shape index (κ1) is 15.5. The first-order chi connectivity index (χ1) is 12.0. The maximum atomic E-state index is 13.6. The molecule has 1 atom stereocenters. The lowest BCUT2D eigenvalue weighted by Gasteiger charge is -2.31. The van der Waals surface area contributed by atoms with Crippen LogP contribution in [0, 0.1) is 11.6 Å². The van der Waals surface area contributed by atoms with E-state index >= 15 is 0 Å². The molecule has 2 heterocycles. The molecule has 25 heavy (non-hydrogen) atoms. The van der Waals surface area contributed by atoms with E-state index in [4.69, 9.17) is 4.74 Å². The highest BCUT2D eigenvalue weighted by atomic mass is 19.1. The number of halogens is 2. The Bertz CT molecular complexity index is 905. The molecule has 0 aliphatic carbocycles. The minimum Gasteiger partial charge on any atom is -0.456 e. The first-order valence-electron chi connectivity index (χ1n) is 7.79. The standard InChI is InChI=1S/C19H13F2NO3/c20-12-6-4-11(5-7-12)15-9-17(23)22(14-3-1-2-13(21)8-14)16-10-25-19(24)18(15)16/h1-8,15H,9-10H2/t15-/m0/s1. The minimum absolute atomic E-state index is 0.0239. The Morgan fingerprint density at radius 3 is 2.48 bits per heavy atom. The lowest BCUT2D eigenvalue weighted by molar-refractivity contribution is -0.136. The van der Waals surface area contributed by atoms with Crippen molar-refractivity contribution in [3.63, 3.8) is 0 Å². The number of amides is 1. The molecule has 4 rings (SSSR count). The third kappa shape index (κ3) is 2.59. The maximum absolute atomic E-state index is 13.6. The molecule has 0 radical (unpaired) electrons. The summed E-state index contributed by atoms with van der Waals surface area (Å²) in [6.07, 6.45) is 0.0239. The molecular weight excluding hydrogens is 328 g/mol. The zero-order chi connectivity index (χ0) is 17.6. The largest absolute Gasteiger partial charge is 0.456 e. The van der Waals surface area contributed by atoms with Crippen molar-refractivity contribution < 1.29 is 23.1 Å². The number of carbonyl (C=O) groups is 2. The number of esters is 1. The van der Waals surface area contributed by atoms with Gasteiger partial charge in [0, 0.05) is 12.3 Å². The van der Waals surface area contributed by atoms with Gasteiger partial charge in [-0.15, -0.1) is 0 Å². The van der Waals surface area contributed by atoms with Crippen molar-refractivity contribution in [1.82, 2.24) is 0 Å². The molecule has 0 saturated carbocycles. The topological polar surface area (TPSA) is 46.6 Å². The molecule has 0 saturated heterocycles. The van der Waals surface area contributed by atoms with Crippen LogP contribution in [0.2, 0.25) is 0 Å². The van der Waals surface area contributed by atoms with E-state index in [0.29, 0.717) is 22.5 Å². The van der Waals surface area contributed by atoms with Gasteiger partial charge in [-0.25, -0.2) is 13.6 Å². The highest BCUT2D eigenvalue weighted by Crippen LogP contribution is 2.41. The fraction of sp³-hybridized carbons (Fsp3) is 0.158. The number of cyclic esters (lactones) is 1. The summed E-state index contributed by atoms with van der Waals surface area (Å²) in [5.74, 6) is -2.13. The van der Waals surface area contributed by atoms with Crippen molar-refractivity contribution >= 4 is 17.6 Å². The molecule has 2 aliphatic heterocycles. The van der Waals surface area contributed by atoms with Crippen LogP contribution in [0.3, 0.4) is 0 Å². The molecule has 2 aromatic carbocycles. The number of hydrogen-bond acceptors (Lipinski definition) is 3. The molecule has 2 aliphatic rings. The third-order valence-corrected chi connectivity index (χ3v) is 4.46. The molecule has 0 fully saturated rings. The van der Waals surface area contributed by atoms with Crippen molar-refractivity contribution in [1.29, 1.82) is 0 Å². The molecule has 0 unspecified atom stereocenters. The van der Waals surface area contributed by atoms with E-state index in [2.05, 4.69) is 0 Å². The molecule has 0 N–H and O–H groups in total. The second kappa shape index (κ2) is 5.81. The molecule has 0 bridgehead atoms. The van der Waals surface area contributed by atoms with Crippen molar-refractivity contribution in [2.75, 3.05) is 11.5 Å². The van der Waals surface area contributed by atoms with Crippen molar-refractivity contribution in [3.05, 3.63) is 77.0 Å².